The minimum Gasteiger partial charge on any atom is -0.467 e. The van der Waals surface area contributed by atoms with Gasteiger partial charge in [0.25, 0.3) is 5.69 Å². The number of esters is 1. The molecule has 0 aliphatic heterocycles. The molecule has 7 atom stereocenters. The van der Waals surface area contributed by atoms with Crippen molar-refractivity contribution in [3.63, 3.8) is 0 Å². The summed E-state index contributed by atoms with van der Waals surface area (Å²) in [7, 11) is 1.28. The number of amides is 3. The van der Waals surface area contributed by atoms with E-state index in [1.165, 1.54) is 68.8 Å². The van der Waals surface area contributed by atoms with Crippen LogP contribution in [0, 0.1) is 51.5 Å². The fraction of sp³-hybridized carbons (Fsp3) is 0.548. The summed E-state index contributed by atoms with van der Waals surface area (Å²) in [5.74, 6) is 2.34. The summed E-state index contributed by atoms with van der Waals surface area (Å²) in [4.78, 5) is 116. The van der Waals surface area contributed by atoms with Gasteiger partial charge in [0, 0.05) is 63.7 Å². The van der Waals surface area contributed by atoms with Crippen LogP contribution in [-0.2, 0) is 47.7 Å². The Morgan fingerprint density at radius 1 is 0.634 bits per heavy atom. The molecule has 3 N–H and O–H groups in total. The number of hydrogen-bond donors (Lipinski definition) is 3. The van der Waals surface area contributed by atoms with Gasteiger partial charge in [0.1, 0.15) is 22.8 Å². The second kappa shape index (κ2) is 36.6. The first-order valence-electron chi connectivity index (χ1n) is 32.1. The highest BCUT2D eigenvalue weighted by atomic mass is 32.2. The van der Waals surface area contributed by atoms with Gasteiger partial charge < -0.3 is 34.9 Å². The number of unbranched alkanes of at least 4 members (excludes halogenated alkanes) is 1. The summed E-state index contributed by atoms with van der Waals surface area (Å²) in [6.07, 6.45) is 28.3. The number of alkyl carbamates (subject to hydrolysis) is 3. The van der Waals surface area contributed by atoms with E-state index in [0.717, 1.165) is 34.6 Å². The molecule has 0 saturated heterocycles. The van der Waals surface area contributed by atoms with Crippen molar-refractivity contribution in [2.75, 3.05) is 12.9 Å². The monoisotopic (exact) mass is 1310 g/mol. The Balaban J connectivity index is 0.000000308. The van der Waals surface area contributed by atoms with Crippen molar-refractivity contribution >= 4 is 76.7 Å². The van der Waals surface area contributed by atoms with E-state index in [1.54, 1.807) is 105 Å². The molecule has 20 heteroatoms. The number of Topliss-reactive ketones (excluding diaryl/α,β-unsaturated/α-hetero) is 1. The van der Waals surface area contributed by atoms with E-state index < -0.39 is 52.0 Å². The zero-order valence-corrected chi connectivity index (χ0v) is 58.9. The maximum atomic E-state index is 12.2. The van der Waals surface area contributed by atoms with Gasteiger partial charge in [0.2, 0.25) is 0 Å². The SMILES string of the molecule is CC(C)/C=C1/C(=O)C=C[C@@H]1NC(=O)OC(C)(C)C.CC(C)/C=C1/C(=O)C=C[C@H]1NC(=O)OC(C)(C)C.CC1C=CC(=O)/C1=C/c1ccc([N+](=O)[O-])cc1.CCCCC1C=CC(=O)/C1=C/C1CC1.COC(=O)[C@H](CSC1CC(=O)/C(=C/C(C)C)C1C)NC(=O)OC(C)(C)C. The number of carbonyl (C=O) groups excluding carboxylic acids is 9. The zero-order chi connectivity index (χ0) is 70.3. The van der Waals surface area contributed by atoms with Gasteiger partial charge in [-0.25, -0.2) is 19.2 Å². The van der Waals surface area contributed by atoms with E-state index in [0.29, 0.717) is 35.2 Å². The van der Waals surface area contributed by atoms with E-state index in [1.807, 2.05) is 79.7 Å². The molecule has 6 aliphatic carbocycles. The van der Waals surface area contributed by atoms with Crippen molar-refractivity contribution < 1.29 is 67.0 Å². The molecule has 7 rings (SSSR count). The highest BCUT2D eigenvalue weighted by molar-refractivity contribution is 8.00. The maximum Gasteiger partial charge on any atom is 0.408 e. The molecule has 1 aromatic rings. The Hall–Kier alpha value is -7.74. The van der Waals surface area contributed by atoms with Crippen LogP contribution in [0.1, 0.15) is 169 Å². The van der Waals surface area contributed by atoms with Crippen LogP contribution in [0.2, 0.25) is 0 Å². The summed E-state index contributed by atoms with van der Waals surface area (Å²) in [6, 6.07) is 4.57. The lowest BCUT2D eigenvalue weighted by atomic mass is 9.95. The predicted molar refractivity (Wildman–Crippen MR) is 366 cm³/mol. The molecule has 3 amide bonds. The molecule has 0 aromatic heterocycles. The van der Waals surface area contributed by atoms with Crippen LogP contribution >= 0.6 is 11.8 Å². The molecule has 0 bridgehead atoms. The van der Waals surface area contributed by atoms with Crippen LogP contribution in [0.15, 0.2) is 125 Å². The van der Waals surface area contributed by atoms with Gasteiger partial charge in [-0.1, -0.05) is 124 Å². The van der Waals surface area contributed by atoms with Crippen LogP contribution < -0.4 is 16.0 Å². The number of nitro benzene ring substituents is 1. The molecule has 2 saturated carbocycles. The van der Waals surface area contributed by atoms with Crippen LogP contribution in [0.25, 0.3) is 6.08 Å². The van der Waals surface area contributed by atoms with Crippen LogP contribution in [-0.4, -0.2) is 111 Å². The minimum atomic E-state index is -0.819. The Labute approximate surface area is 555 Å². The van der Waals surface area contributed by atoms with Gasteiger partial charge in [-0.05, 0) is 165 Å². The van der Waals surface area contributed by atoms with E-state index in [2.05, 4.69) is 35.0 Å². The van der Waals surface area contributed by atoms with Crippen molar-refractivity contribution in [3.05, 3.63) is 141 Å². The third kappa shape index (κ3) is 29.4. The normalized spacial score (nSPS) is 23.2. The summed E-state index contributed by atoms with van der Waals surface area (Å²) < 4.78 is 20.3. The molecule has 19 nitrogen and oxygen atoms in total. The van der Waals surface area contributed by atoms with Gasteiger partial charge in [-0.15, -0.1) is 0 Å². The van der Waals surface area contributed by atoms with E-state index in [-0.39, 0.29) is 75.6 Å². The van der Waals surface area contributed by atoms with E-state index in [9.17, 15) is 53.3 Å². The number of non-ortho nitro benzene ring substituents is 1. The highest BCUT2D eigenvalue weighted by Crippen LogP contribution is 2.38. The molecule has 510 valence electrons. The van der Waals surface area contributed by atoms with Gasteiger partial charge >= 0.3 is 24.2 Å². The van der Waals surface area contributed by atoms with Crippen LogP contribution in [0.5, 0.6) is 0 Å². The van der Waals surface area contributed by atoms with Crippen molar-refractivity contribution in [3.8, 4) is 0 Å². The summed E-state index contributed by atoms with van der Waals surface area (Å²) in [5, 5.41) is 18.5. The molecular formula is C73H102N4O15S. The third-order valence-electron chi connectivity index (χ3n) is 14.2. The lowest BCUT2D eigenvalue weighted by Gasteiger charge is -2.23. The number of hydrogen-bond acceptors (Lipinski definition) is 16. The Morgan fingerprint density at radius 3 is 1.49 bits per heavy atom. The van der Waals surface area contributed by atoms with Gasteiger partial charge in [-0.3, -0.25) is 34.1 Å². The smallest absolute Gasteiger partial charge is 0.408 e. The number of ether oxygens (including phenoxy) is 4. The number of nitro groups is 1. The number of nitrogens with zero attached hydrogens (tertiary/aromatic N) is 1. The number of allylic oxidation sites excluding steroid dienone is 13. The first-order chi connectivity index (χ1) is 43.2. The molecule has 0 heterocycles. The van der Waals surface area contributed by atoms with Gasteiger partial charge in [-0.2, -0.15) is 11.8 Å². The lowest BCUT2D eigenvalue weighted by Crippen LogP contribution is -2.45. The Bertz CT molecular complexity index is 3050. The predicted octanol–water partition coefficient (Wildman–Crippen LogP) is 14.6. The van der Waals surface area contributed by atoms with Crippen LogP contribution in [0.4, 0.5) is 20.1 Å². The number of nitrogens with one attached hydrogen (secondary N) is 3. The molecular weight excluding hydrogens is 1200 g/mol. The van der Waals surface area contributed by atoms with Gasteiger partial charge in [0.15, 0.2) is 28.9 Å². The number of rotatable bonds is 16. The van der Waals surface area contributed by atoms with Crippen molar-refractivity contribution in [1.82, 2.24) is 16.0 Å². The largest absolute Gasteiger partial charge is 0.467 e. The quantitative estimate of drug-likeness (QED) is 0.0456. The molecule has 2 fully saturated rings. The molecule has 1 aromatic carbocycles. The summed E-state index contributed by atoms with van der Waals surface area (Å²) >= 11 is 1.51. The first kappa shape index (κ1) is 79.5. The Kier molecular flexibility index (Phi) is 31.3. The molecule has 4 unspecified atom stereocenters. The van der Waals surface area contributed by atoms with Gasteiger partial charge in [0.05, 0.1) is 24.1 Å². The third-order valence-corrected chi connectivity index (χ3v) is 15.7. The van der Waals surface area contributed by atoms with Crippen LogP contribution in [0.3, 0.4) is 0 Å². The number of carbonyl (C=O) groups is 9. The topological polar surface area (TPSA) is 270 Å². The molecule has 0 radical (unpaired) electrons. The maximum absolute atomic E-state index is 12.2. The van der Waals surface area contributed by atoms with Crippen molar-refractivity contribution in [2.24, 2.45) is 41.4 Å². The summed E-state index contributed by atoms with van der Waals surface area (Å²) in [6.45, 7) is 34.3. The zero-order valence-electron chi connectivity index (χ0n) is 58.1. The fourth-order valence-corrected chi connectivity index (χ4v) is 11.1. The van der Waals surface area contributed by atoms with E-state index in [4.69, 9.17) is 18.9 Å². The Morgan fingerprint density at radius 2 is 1.08 bits per heavy atom. The molecule has 0 spiro atoms. The number of benzene rings is 1. The average Bonchev–Trinajstić information content (AvgIpc) is 1.99. The number of methoxy groups -OCH3 is 1. The fourth-order valence-electron chi connectivity index (χ4n) is 9.72. The second-order valence-electron chi connectivity index (χ2n) is 27.7. The number of ketones is 5. The first-order valence-corrected chi connectivity index (χ1v) is 33.2. The van der Waals surface area contributed by atoms with Crippen molar-refractivity contribution in [2.45, 2.75) is 203 Å². The number of thioether (sulfide) groups is 1. The van der Waals surface area contributed by atoms with E-state index >= 15 is 0 Å². The minimum absolute atomic E-state index is 0.0100. The highest BCUT2D eigenvalue weighted by Gasteiger charge is 2.37. The summed E-state index contributed by atoms with van der Waals surface area (Å²) in [5.41, 5.74) is 3.00. The average molecular weight is 1310 g/mol. The lowest BCUT2D eigenvalue weighted by molar-refractivity contribution is -0.384. The second-order valence-corrected chi connectivity index (χ2v) is 29.0. The molecule has 6 aliphatic rings. The van der Waals surface area contributed by atoms with Crippen molar-refractivity contribution in [1.29, 1.82) is 0 Å². The standard InChI is InChI=1S/C19H31NO5S.2C14H21NO3.C13H11NO3.C13H18O/c1-11(2)8-13-12(3)16(9-15(13)21)26-10-14(17(22)24-7)20-18(23)25-19(4,5)6;2*1-9(2)8-10-11(6-7-12(10)16)15-13(17)18-14(3,4)5;1-9-2-7-13(15)12(9)8-10-3-5-11(6-4-10)14(16)17;1-2-3-4-11-7-8-13(14)12(11)9-10-5-6-10/h8,11-12,14,16H,9-10H2,1-7H3,(H,20,23);2*6-9,11H,1-5H3,(H,15,17);2-9H,1H3;7-11H,2-6H2,1H3/b13-8+;2*10-8+;12-8+;12-9+/t12?,14-,16?;2*11-;;/m010../s1. The molecule has 93 heavy (non-hydrogen) atoms.